The van der Waals surface area contributed by atoms with Gasteiger partial charge in [0.1, 0.15) is 5.54 Å². The molecule has 3 aliphatic rings. The van der Waals surface area contributed by atoms with E-state index in [2.05, 4.69) is 9.80 Å². The number of nitrogens with zero attached hydrogens (tertiary/aromatic N) is 2. The zero-order chi connectivity index (χ0) is 11.9. The van der Waals surface area contributed by atoms with Crippen molar-refractivity contribution in [2.45, 2.75) is 50.1 Å². The molecule has 4 heteroatoms. The van der Waals surface area contributed by atoms with Crippen molar-refractivity contribution in [2.75, 3.05) is 26.2 Å². The second-order valence-corrected chi connectivity index (χ2v) is 5.80. The van der Waals surface area contributed by atoms with Gasteiger partial charge in [-0.2, -0.15) is 0 Å². The van der Waals surface area contributed by atoms with E-state index in [-0.39, 0.29) is 0 Å². The van der Waals surface area contributed by atoms with Crippen LogP contribution in [0.1, 0.15) is 38.5 Å². The number of carboxylic acids is 1. The van der Waals surface area contributed by atoms with Crippen LogP contribution in [0, 0.1) is 0 Å². The van der Waals surface area contributed by atoms with Gasteiger partial charge in [-0.05, 0) is 25.7 Å². The highest BCUT2D eigenvalue weighted by Gasteiger charge is 2.47. The Kier molecular flexibility index (Phi) is 2.87. The Morgan fingerprint density at radius 1 is 1.06 bits per heavy atom. The Balaban J connectivity index is 1.65. The first kappa shape index (κ1) is 11.5. The van der Waals surface area contributed by atoms with Crippen molar-refractivity contribution in [3.63, 3.8) is 0 Å². The van der Waals surface area contributed by atoms with E-state index in [9.17, 15) is 9.90 Å². The van der Waals surface area contributed by atoms with Crippen molar-refractivity contribution >= 4 is 5.97 Å². The maximum absolute atomic E-state index is 11.6. The second-order valence-electron chi connectivity index (χ2n) is 5.80. The van der Waals surface area contributed by atoms with E-state index in [1.54, 1.807) is 0 Å². The molecule has 4 nitrogen and oxygen atoms in total. The molecule has 0 aromatic heterocycles. The van der Waals surface area contributed by atoms with Gasteiger partial charge in [0.15, 0.2) is 0 Å². The number of carbonyl (C=O) groups is 1. The lowest BCUT2D eigenvalue weighted by Crippen LogP contribution is -2.59. The molecule has 0 aromatic rings. The standard InChI is InChI=1S/C13H22N2O2/c16-12(17)13(5-1-2-6-13)15-9-7-14(8-10-15)11-3-4-11/h11H,1-10H2,(H,16,17). The lowest BCUT2D eigenvalue weighted by Gasteiger charge is -2.43. The quantitative estimate of drug-likeness (QED) is 0.801. The normalized spacial score (nSPS) is 30.6. The molecule has 1 aliphatic heterocycles. The summed E-state index contributed by atoms with van der Waals surface area (Å²) in [5.74, 6) is -0.588. The van der Waals surface area contributed by atoms with Gasteiger partial charge in [-0.15, -0.1) is 0 Å². The van der Waals surface area contributed by atoms with Crippen LogP contribution >= 0.6 is 0 Å². The average Bonchev–Trinajstić information content (AvgIpc) is 3.06. The summed E-state index contributed by atoms with van der Waals surface area (Å²) in [6, 6.07) is 0.821. The minimum absolute atomic E-state index is 0.518. The summed E-state index contributed by atoms with van der Waals surface area (Å²) < 4.78 is 0. The van der Waals surface area contributed by atoms with Crippen LogP contribution in [0.15, 0.2) is 0 Å². The fourth-order valence-corrected chi connectivity index (χ4v) is 3.58. The molecule has 0 unspecified atom stereocenters. The maximum Gasteiger partial charge on any atom is 0.324 e. The molecule has 0 atom stereocenters. The Bertz CT molecular complexity index is 301. The van der Waals surface area contributed by atoms with Gasteiger partial charge in [-0.1, -0.05) is 12.8 Å². The first-order valence-corrected chi connectivity index (χ1v) is 6.95. The van der Waals surface area contributed by atoms with Crippen molar-refractivity contribution in [3.8, 4) is 0 Å². The maximum atomic E-state index is 11.6. The van der Waals surface area contributed by atoms with E-state index in [1.807, 2.05) is 0 Å². The van der Waals surface area contributed by atoms with Crippen molar-refractivity contribution in [3.05, 3.63) is 0 Å². The molecule has 17 heavy (non-hydrogen) atoms. The molecule has 1 N–H and O–H groups in total. The van der Waals surface area contributed by atoms with E-state index < -0.39 is 11.5 Å². The van der Waals surface area contributed by atoms with Gasteiger partial charge in [0.25, 0.3) is 0 Å². The molecule has 0 aromatic carbocycles. The van der Waals surface area contributed by atoms with Crippen LogP contribution in [0.4, 0.5) is 0 Å². The predicted octanol–water partition coefficient (Wildman–Crippen LogP) is 1.16. The fraction of sp³-hybridized carbons (Fsp3) is 0.923. The topological polar surface area (TPSA) is 43.8 Å². The third kappa shape index (κ3) is 1.97. The lowest BCUT2D eigenvalue weighted by molar-refractivity contribution is -0.152. The Labute approximate surface area is 103 Å². The van der Waals surface area contributed by atoms with Gasteiger partial charge in [0.05, 0.1) is 0 Å². The third-order valence-corrected chi connectivity index (χ3v) is 4.81. The summed E-state index contributed by atoms with van der Waals surface area (Å²) in [5, 5.41) is 9.55. The van der Waals surface area contributed by atoms with Crippen LogP contribution in [0.5, 0.6) is 0 Å². The summed E-state index contributed by atoms with van der Waals surface area (Å²) in [4.78, 5) is 16.4. The number of rotatable bonds is 3. The molecule has 0 bridgehead atoms. The van der Waals surface area contributed by atoms with E-state index in [0.717, 1.165) is 57.9 Å². The Morgan fingerprint density at radius 2 is 1.65 bits per heavy atom. The Hall–Kier alpha value is -0.610. The van der Waals surface area contributed by atoms with Gasteiger partial charge in [-0.25, -0.2) is 0 Å². The summed E-state index contributed by atoms with van der Waals surface area (Å²) in [6.07, 6.45) is 6.57. The molecule has 0 radical (unpaired) electrons. The molecule has 1 heterocycles. The third-order valence-electron chi connectivity index (χ3n) is 4.81. The average molecular weight is 238 g/mol. The van der Waals surface area contributed by atoms with Crippen LogP contribution in [0.2, 0.25) is 0 Å². The van der Waals surface area contributed by atoms with Crippen LogP contribution in [0.3, 0.4) is 0 Å². The minimum Gasteiger partial charge on any atom is -0.480 e. The van der Waals surface area contributed by atoms with E-state index in [4.69, 9.17) is 0 Å². The Morgan fingerprint density at radius 3 is 2.12 bits per heavy atom. The predicted molar refractivity (Wildman–Crippen MR) is 65.0 cm³/mol. The van der Waals surface area contributed by atoms with Gasteiger partial charge >= 0.3 is 5.97 Å². The number of carboxylic acid groups (broad SMARTS) is 1. The van der Waals surface area contributed by atoms with E-state index >= 15 is 0 Å². The molecule has 3 fully saturated rings. The first-order chi connectivity index (χ1) is 8.22. The molecule has 0 spiro atoms. The summed E-state index contributed by atoms with van der Waals surface area (Å²) in [5.41, 5.74) is -0.518. The number of hydrogen-bond donors (Lipinski definition) is 1. The van der Waals surface area contributed by atoms with Crippen LogP contribution in [-0.4, -0.2) is 58.6 Å². The van der Waals surface area contributed by atoms with Crippen LogP contribution in [0.25, 0.3) is 0 Å². The summed E-state index contributed by atoms with van der Waals surface area (Å²) in [6.45, 7) is 4.03. The molecule has 96 valence electrons. The summed E-state index contributed by atoms with van der Waals surface area (Å²) in [7, 11) is 0. The minimum atomic E-state index is -0.588. The molecule has 2 aliphatic carbocycles. The molecular weight excluding hydrogens is 216 g/mol. The van der Waals surface area contributed by atoms with E-state index in [1.165, 1.54) is 12.8 Å². The van der Waals surface area contributed by atoms with Gasteiger partial charge in [-0.3, -0.25) is 14.6 Å². The highest BCUT2D eigenvalue weighted by molar-refractivity contribution is 5.79. The lowest BCUT2D eigenvalue weighted by atomic mass is 9.94. The van der Waals surface area contributed by atoms with Crippen molar-refractivity contribution in [1.82, 2.24) is 9.80 Å². The fourth-order valence-electron chi connectivity index (χ4n) is 3.58. The number of hydrogen-bond acceptors (Lipinski definition) is 3. The second kappa shape index (κ2) is 4.25. The van der Waals surface area contributed by atoms with E-state index in [0.29, 0.717) is 0 Å². The smallest absolute Gasteiger partial charge is 0.324 e. The van der Waals surface area contributed by atoms with Crippen molar-refractivity contribution in [2.24, 2.45) is 0 Å². The highest BCUT2D eigenvalue weighted by atomic mass is 16.4. The number of piperazine rings is 1. The van der Waals surface area contributed by atoms with Crippen LogP contribution in [-0.2, 0) is 4.79 Å². The van der Waals surface area contributed by atoms with Crippen molar-refractivity contribution < 1.29 is 9.90 Å². The zero-order valence-electron chi connectivity index (χ0n) is 10.4. The molecule has 0 amide bonds. The largest absolute Gasteiger partial charge is 0.480 e. The van der Waals surface area contributed by atoms with Gasteiger partial charge in [0.2, 0.25) is 0 Å². The molecule has 3 rings (SSSR count). The van der Waals surface area contributed by atoms with Crippen LogP contribution < -0.4 is 0 Å². The molecule has 1 saturated heterocycles. The highest BCUT2D eigenvalue weighted by Crippen LogP contribution is 2.37. The van der Waals surface area contributed by atoms with Gasteiger partial charge < -0.3 is 5.11 Å². The number of aliphatic carboxylic acids is 1. The van der Waals surface area contributed by atoms with Gasteiger partial charge in [0, 0.05) is 32.2 Å². The SMILES string of the molecule is O=C(O)C1(N2CCN(C3CC3)CC2)CCCC1. The zero-order valence-corrected chi connectivity index (χ0v) is 10.4. The monoisotopic (exact) mass is 238 g/mol. The summed E-state index contributed by atoms with van der Waals surface area (Å²) >= 11 is 0. The first-order valence-electron chi connectivity index (χ1n) is 6.95. The van der Waals surface area contributed by atoms with Crippen molar-refractivity contribution in [1.29, 1.82) is 0 Å². The molecular formula is C13H22N2O2. The molecule has 2 saturated carbocycles.